The van der Waals surface area contributed by atoms with Crippen molar-refractivity contribution in [1.82, 2.24) is 0 Å². The first-order chi connectivity index (χ1) is 12.9. The van der Waals surface area contributed by atoms with Crippen LogP contribution in [0.15, 0.2) is 54.6 Å². The van der Waals surface area contributed by atoms with E-state index < -0.39 is 0 Å². The minimum Gasteiger partial charge on any atom is -0.504 e. The van der Waals surface area contributed by atoms with E-state index in [0.717, 1.165) is 0 Å². The van der Waals surface area contributed by atoms with Crippen LogP contribution in [0.4, 0.5) is 0 Å². The Balaban J connectivity index is 2.35. The molecular weight excluding hydrogens is 344 g/mol. The number of aromatic hydroxyl groups is 1. The van der Waals surface area contributed by atoms with Gasteiger partial charge in [-0.3, -0.25) is 9.59 Å². The third-order valence-corrected chi connectivity index (χ3v) is 4.08. The molecule has 5 nitrogen and oxygen atoms in total. The minimum absolute atomic E-state index is 0.0172. The average molecular weight is 366 g/mol. The molecule has 0 saturated carbocycles. The zero-order valence-corrected chi connectivity index (χ0v) is 15.6. The molecule has 0 fully saturated rings. The molecule has 2 rings (SSSR count). The topological polar surface area (TPSA) is 72.8 Å². The molecule has 0 unspecified atom stereocenters. The number of methoxy groups -OCH3 is 2. The van der Waals surface area contributed by atoms with Crippen molar-refractivity contribution in [1.29, 1.82) is 0 Å². The van der Waals surface area contributed by atoms with Crippen LogP contribution in [0.25, 0.3) is 6.08 Å². The lowest BCUT2D eigenvalue weighted by atomic mass is 9.97. The second-order valence-electron chi connectivity index (χ2n) is 5.99. The van der Waals surface area contributed by atoms with Gasteiger partial charge in [0.05, 0.1) is 14.2 Å². The molecule has 0 aliphatic carbocycles. The SMILES string of the molecule is C=C(C)C(=O)Cc1c(C=CC(=O)c2ccc(OC)cc2)ccc(O)c1OC. The first-order valence-corrected chi connectivity index (χ1v) is 8.31. The monoisotopic (exact) mass is 366 g/mol. The Bertz CT molecular complexity index is 892. The van der Waals surface area contributed by atoms with Crippen molar-refractivity contribution in [3.05, 3.63) is 71.3 Å². The van der Waals surface area contributed by atoms with Crippen molar-refractivity contribution in [2.75, 3.05) is 14.2 Å². The normalized spacial score (nSPS) is 10.6. The van der Waals surface area contributed by atoms with Crippen LogP contribution in [-0.4, -0.2) is 30.9 Å². The van der Waals surface area contributed by atoms with Crippen molar-refractivity contribution in [3.63, 3.8) is 0 Å². The van der Waals surface area contributed by atoms with Crippen LogP contribution in [-0.2, 0) is 11.2 Å². The van der Waals surface area contributed by atoms with Gasteiger partial charge in [-0.1, -0.05) is 18.7 Å². The Morgan fingerprint density at radius 1 is 1.07 bits per heavy atom. The van der Waals surface area contributed by atoms with Gasteiger partial charge in [-0.15, -0.1) is 0 Å². The maximum atomic E-state index is 12.4. The van der Waals surface area contributed by atoms with Gasteiger partial charge in [0, 0.05) is 17.5 Å². The van der Waals surface area contributed by atoms with Crippen LogP contribution in [0.3, 0.4) is 0 Å². The third-order valence-electron chi connectivity index (χ3n) is 4.08. The quantitative estimate of drug-likeness (QED) is 0.565. The van der Waals surface area contributed by atoms with E-state index >= 15 is 0 Å². The largest absolute Gasteiger partial charge is 0.504 e. The number of benzene rings is 2. The van der Waals surface area contributed by atoms with Crippen molar-refractivity contribution < 1.29 is 24.2 Å². The van der Waals surface area contributed by atoms with Crippen LogP contribution in [0, 0.1) is 0 Å². The van der Waals surface area contributed by atoms with E-state index in [9.17, 15) is 14.7 Å². The Labute approximate surface area is 158 Å². The predicted molar refractivity (Wildman–Crippen MR) is 105 cm³/mol. The number of rotatable bonds is 8. The molecule has 0 spiro atoms. The summed E-state index contributed by atoms with van der Waals surface area (Å²) in [5, 5.41) is 10.0. The molecule has 2 aromatic carbocycles. The minimum atomic E-state index is -0.193. The average Bonchev–Trinajstić information content (AvgIpc) is 2.67. The number of hydrogen-bond acceptors (Lipinski definition) is 5. The molecule has 0 bridgehead atoms. The molecule has 0 amide bonds. The molecule has 0 aliphatic heterocycles. The highest BCUT2D eigenvalue weighted by Crippen LogP contribution is 2.34. The zero-order chi connectivity index (χ0) is 20.0. The molecule has 5 heteroatoms. The van der Waals surface area contributed by atoms with Gasteiger partial charge in [0.1, 0.15) is 5.75 Å². The molecule has 140 valence electrons. The fourth-order valence-electron chi connectivity index (χ4n) is 2.53. The summed E-state index contributed by atoms with van der Waals surface area (Å²) in [4.78, 5) is 24.5. The Kier molecular flexibility index (Phi) is 6.55. The second kappa shape index (κ2) is 8.85. The van der Waals surface area contributed by atoms with Gasteiger partial charge < -0.3 is 14.6 Å². The van der Waals surface area contributed by atoms with Crippen LogP contribution in [0.2, 0.25) is 0 Å². The van der Waals surface area contributed by atoms with E-state index in [-0.39, 0.29) is 29.5 Å². The number of ether oxygens (including phenoxy) is 2. The summed E-state index contributed by atoms with van der Waals surface area (Å²) in [6, 6.07) is 9.87. The van der Waals surface area contributed by atoms with Gasteiger partial charge in [0.15, 0.2) is 23.1 Å². The summed E-state index contributed by atoms with van der Waals surface area (Å²) in [7, 11) is 2.97. The maximum Gasteiger partial charge on any atom is 0.185 e. The molecule has 2 aromatic rings. The summed E-state index contributed by atoms with van der Waals surface area (Å²) in [5.74, 6) is 0.445. The van der Waals surface area contributed by atoms with Crippen LogP contribution in [0.5, 0.6) is 17.2 Å². The van der Waals surface area contributed by atoms with Gasteiger partial charge in [-0.05, 0) is 54.5 Å². The van der Waals surface area contributed by atoms with E-state index in [1.807, 2.05) is 0 Å². The van der Waals surface area contributed by atoms with E-state index in [1.54, 1.807) is 50.4 Å². The molecule has 0 heterocycles. The fraction of sp³-hybridized carbons (Fsp3) is 0.182. The predicted octanol–water partition coefficient (Wildman–Crippen LogP) is 3.99. The maximum absolute atomic E-state index is 12.4. The molecule has 0 aliphatic rings. The fourth-order valence-corrected chi connectivity index (χ4v) is 2.53. The molecular formula is C22H22O5. The highest BCUT2D eigenvalue weighted by atomic mass is 16.5. The van der Waals surface area contributed by atoms with Crippen molar-refractivity contribution >= 4 is 17.6 Å². The van der Waals surface area contributed by atoms with E-state index in [4.69, 9.17) is 9.47 Å². The first kappa shape index (κ1) is 20.0. The number of allylic oxidation sites excluding steroid dienone is 2. The lowest BCUT2D eigenvalue weighted by Crippen LogP contribution is -2.07. The van der Waals surface area contributed by atoms with E-state index in [1.165, 1.54) is 19.3 Å². The highest BCUT2D eigenvalue weighted by Gasteiger charge is 2.16. The number of carbonyl (C=O) groups is 2. The first-order valence-electron chi connectivity index (χ1n) is 8.31. The number of phenolic OH excluding ortho intramolecular Hbond substituents is 1. The summed E-state index contributed by atoms with van der Waals surface area (Å²) >= 11 is 0. The Hall–Kier alpha value is -3.34. The van der Waals surface area contributed by atoms with Crippen molar-refractivity contribution in [2.45, 2.75) is 13.3 Å². The third kappa shape index (κ3) is 4.85. The molecule has 0 aromatic heterocycles. The Morgan fingerprint density at radius 3 is 2.30 bits per heavy atom. The lowest BCUT2D eigenvalue weighted by Gasteiger charge is -2.13. The van der Waals surface area contributed by atoms with Crippen LogP contribution in [0.1, 0.15) is 28.4 Å². The zero-order valence-electron chi connectivity index (χ0n) is 15.6. The van der Waals surface area contributed by atoms with Gasteiger partial charge in [-0.25, -0.2) is 0 Å². The van der Waals surface area contributed by atoms with Gasteiger partial charge in [0.2, 0.25) is 0 Å². The van der Waals surface area contributed by atoms with Crippen molar-refractivity contribution in [2.24, 2.45) is 0 Å². The molecule has 27 heavy (non-hydrogen) atoms. The molecule has 1 N–H and O–H groups in total. The van der Waals surface area contributed by atoms with Crippen molar-refractivity contribution in [3.8, 4) is 17.2 Å². The number of ketones is 2. The van der Waals surface area contributed by atoms with Gasteiger partial charge in [-0.2, -0.15) is 0 Å². The summed E-state index contributed by atoms with van der Waals surface area (Å²) in [6.45, 7) is 5.28. The lowest BCUT2D eigenvalue weighted by molar-refractivity contribution is -0.114. The number of carbonyl (C=O) groups excluding carboxylic acids is 2. The molecule has 0 atom stereocenters. The van der Waals surface area contributed by atoms with Crippen LogP contribution < -0.4 is 9.47 Å². The number of phenols is 1. The number of Topliss-reactive ketones (excluding diaryl/α,β-unsaturated/α-hetero) is 1. The summed E-state index contributed by atoms with van der Waals surface area (Å²) in [6.07, 6.45) is 3.04. The Morgan fingerprint density at radius 2 is 1.74 bits per heavy atom. The number of hydrogen-bond donors (Lipinski definition) is 1. The van der Waals surface area contributed by atoms with Gasteiger partial charge >= 0.3 is 0 Å². The summed E-state index contributed by atoms with van der Waals surface area (Å²) < 4.78 is 10.3. The van der Waals surface area contributed by atoms with Crippen LogP contribution >= 0.6 is 0 Å². The van der Waals surface area contributed by atoms with E-state index in [0.29, 0.717) is 28.0 Å². The highest BCUT2D eigenvalue weighted by molar-refractivity contribution is 6.07. The standard InChI is InChI=1S/C22H22O5/c1-14(2)21(25)13-18-15(8-12-20(24)22(18)27-4)7-11-19(23)16-5-9-17(26-3)10-6-16/h5-12,24H,1,13H2,2-4H3. The summed E-state index contributed by atoms with van der Waals surface area (Å²) in [5.41, 5.74) is 2.03. The molecule has 0 radical (unpaired) electrons. The van der Waals surface area contributed by atoms with Gasteiger partial charge in [0.25, 0.3) is 0 Å². The smallest absolute Gasteiger partial charge is 0.185 e. The molecule has 0 saturated heterocycles. The second-order valence-corrected chi connectivity index (χ2v) is 5.99. The van der Waals surface area contributed by atoms with E-state index in [2.05, 4.69) is 6.58 Å².